The molecule has 0 spiro atoms. The summed E-state index contributed by atoms with van der Waals surface area (Å²) >= 11 is 0. The maximum Gasteiger partial charge on any atom is 0.341 e. The first-order valence-electron chi connectivity index (χ1n) is 9.00. The smallest absolute Gasteiger partial charge is 0.341 e. The minimum absolute atomic E-state index is 0.346. The SMILES string of the molecule is CCCOC(=O)c1cnc2nc(C)ccc2c1Nc1ccc(OC)c(OC)c1. The molecule has 2 heterocycles. The van der Waals surface area contributed by atoms with Crippen molar-refractivity contribution in [3.8, 4) is 11.5 Å². The lowest BCUT2D eigenvalue weighted by atomic mass is 10.1. The Balaban J connectivity index is 2.09. The van der Waals surface area contributed by atoms with E-state index >= 15 is 0 Å². The summed E-state index contributed by atoms with van der Waals surface area (Å²) < 4.78 is 16.0. The number of esters is 1. The normalized spacial score (nSPS) is 10.6. The molecule has 0 unspecified atom stereocenters. The first-order chi connectivity index (χ1) is 13.6. The van der Waals surface area contributed by atoms with Gasteiger partial charge in [0, 0.05) is 29.0 Å². The molecule has 3 aromatic rings. The molecule has 146 valence electrons. The van der Waals surface area contributed by atoms with Crippen LogP contribution in [0, 0.1) is 6.92 Å². The molecule has 0 radical (unpaired) electrons. The Morgan fingerprint density at radius 1 is 1.11 bits per heavy atom. The molecule has 7 heteroatoms. The predicted octanol–water partition coefficient (Wildman–Crippen LogP) is 4.27. The Labute approximate surface area is 163 Å². The topological polar surface area (TPSA) is 82.6 Å². The second-order valence-corrected chi connectivity index (χ2v) is 6.20. The number of nitrogens with zero attached hydrogens (tertiary/aromatic N) is 2. The van der Waals surface area contributed by atoms with E-state index in [-0.39, 0.29) is 0 Å². The molecule has 7 nitrogen and oxygen atoms in total. The molecule has 1 aromatic carbocycles. The summed E-state index contributed by atoms with van der Waals surface area (Å²) in [6.07, 6.45) is 2.24. The molecule has 0 atom stereocenters. The van der Waals surface area contributed by atoms with Crippen molar-refractivity contribution in [2.75, 3.05) is 26.1 Å². The highest BCUT2D eigenvalue weighted by molar-refractivity contribution is 6.05. The number of hydrogen-bond donors (Lipinski definition) is 1. The highest BCUT2D eigenvalue weighted by Crippen LogP contribution is 2.34. The number of ether oxygens (including phenoxy) is 3. The van der Waals surface area contributed by atoms with Crippen LogP contribution >= 0.6 is 0 Å². The van der Waals surface area contributed by atoms with Crippen molar-refractivity contribution in [1.29, 1.82) is 0 Å². The summed E-state index contributed by atoms with van der Waals surface area (Å²) in [4.78, 5) is 21.4. The van der Waals surface area contributed by atoms with Crippen LogP contribution < -0.4 is 14.8 Å². The van der Waals surface area contributed by atoms with Crippen molar-refractivity contribution in [2.45, 2.75) is 20.3 Å². The summed E-state index contributed by atoms with van der Waals surface area (Å²) in [5.74, 6) is 0.766. The number of carbonyl (C=O) groups excluding carboxylic acids is 1. The van der Waals surface area contributed by atoms with Crippen molar-refractivity contribution >= 4 is 28.4 Å². The molecular weight excluding hydrogens is 358 g/mol. The van der Waals surface area contributed by atoms with Crippen LogP contribution in [0.5, 0.6) is 11.5 Å². The lowest BCUT2D eigenvalue weighted by molar-refractivity contribution is 0.0506. The number of rotatable bonds is 7. The molecule has 2 aromatic heterocycles. The van der Waals surface area contributed by atoms with Crippen LogP contribution in [0.15, 0.2) is 36.5 Å². The third-order valence-corrected chi connectivity index (χ3v) is 4.18. The van der Waals surface area contributed by atoms with Crippen LogP contribution in [0.2, 0.25) is 0 Å². The fraction of sp³-hybridized carbons (Fsp3) is 0.286. The van der Waals surface area contributed by atoms with Crippen LogP contribution in [0.4, 0.5) is 11.4 Å². The fourth-order valence-corrected chi connectivity index (χ4v) is 2.79. The summed E-state index contributed by atoms with van der Waals surface area (Å²) in [7, 11) is 3.15. The van der Waals surface area contributed by atoms with Gasteiger partial charge in [0.15, 0.2) is 17.1 Å². The Morgan fingerprint density at radius 2 is 1.89 bits per heavy atom. The van der Waals surface area contributed by atoms with Gasteiger partial charge in [-0.05, 0) is 37.6 Å². The van der Waals surface area contributed by atoms with Crippen molar-refractivity contribution in [3.05, 3.63) is 47.8 Å². The molecular formula is C21H23N3O4. The molecule has 0 fully saturated rings. The van der Waals surface area contributed by atoms with E-state index in [1.165, 1.54) is 6.20 Å². The number of methoxy groups -OCH3 is 2. The molecule has 0 aliphatic rings. The van der Waals surface area contributed by atoms with E-state index in [1.807, 2.05) is 32.0 Å². The number of benzene rings is 1. The third kappa shape index (κ3) is 3.98. The van der Waals surface area contributed by atoms with Gasteiger partial charge in [-0.3, -0.25) is 0 Å². The number of hydrogen-bond acceptors (Lipinski definition) is 7. The molecule has 28 heavy (non-hydrogen) atoms. The Bertz CT molecular complexity index is 1000. The van der Waals surface area contributed by atoms with Crippen molar-refractivity contribution in [2.24, 2.45) is 0 Å². The number of aromatic nitrogens is 2. The van der Waals surface area contributed by atoms with Gasteiger partial charge >= 0.3 is 5.97 Å². The van der Waals surface area contributed by atoms with Gasteiger partial charge in [-0.25, -0.2) is 14.8 Å². The molecule has 0 aliphatic carbocycles. The number of aryl methyl sites for hydroxylation is 1. The third-order valence-electron chi connectivity index (χ3n) is 4.18. The van der Waals surface area contributed by atoms with Crippen LogP contribution in [-0.4, -0.2) is 36.8 Å². The van der Waals surface area contributed by atoms with Gasteiger partial charge in [0.1, 0.15) is 5.56 Å². The van der Waals surface area contributed by atoms with E-state index in [0.29, 0.717) is 35.0 Å². The maximum absolute atomic E-state index is 12.6. The minimum Gasteiger partial charge on any atom is -0.493 e. The van der Waals surface area contributed by atoms with E-state index in [9.17, 15) is 4.79 Å². The lowest BCUT2D eigenvalue weighted by Crippen LogP contribution is -2.10. The summed E-state index contributed by atoms with van der Waals surface area (Å²) in [5.41, 5.74) is 3.07. The average Bonchev–Trinajstić information content (AvgIpc) is 2.71. The number of anilines is 2. The highest BCUT2D eigenvalue weighted by atomic mass is 16.5. The highest BCUT2D eigenvalue weighted by Gasteiger charge is 2.18. The van der Waals surface area contributed by atoms with E-state index in [2.05, 4.69) is 15.3 Å². The van der Waals surface area contributed by atoms with Gasteiger partial charge in [0.2, 0.25) is 0 Å². The monoisotopic (exact) mass is 381 g/mol. The average molecular weight is 381 g/mol. The number of fused-ring (bicyclic) bond motifs is 1. The van der Waals surface area contributed by atoms with E-state index in [4.69, 9.17) is 14.2 Å². The quantitative estimate of drug-likeness (QED) is 0.612. The Kier molecular flexibility index (Phi) is 5.93. The first kappa shape index (κ1) is 19.4. The number of nitrogens with one attached hydrogen (secondary N) is 1. The van der Waals surface area contributed by atoms with Gasteiger partial charge in [-0.15, -0.1) is 0 Å². The molecule has 0 amide bonds. The minimum atomic E-state index is -0.431. The Hall–Kier alpha value is -3.35. The zero-order valence-corrected chi connectivity index (χ0v) is 16.4. The van der Waals surface area contributed by atoms with Crippen molar-refractivity contribution < 1.29 is 19.0 Å². The van der Waals surface area contributed by atoms with E-state index in [1.54, 1.807) is 26.4 Å². The van der Waals surface area contributed by atoms with Gasteiger partial charge in [0.25, 0.3) is 0 Å². The van der Waals surface area contributed by atoms with Crippen LogP contribution in [0.25, 0.3) is 11.0 Å². The van der Waals surface area contributed by atoms with Gasteiger partial charge in [0.05, 0.1) is 26.5 Å². The Morgan fingerprint density at radius 3 is 2.61 bits per heavy atom. The molecule has 3 rings (SSSR count). The van der Waals surface area contributed by atoms with Gasteiger partial charge in [-0.1, -0.05) is 6.92 Å². The van der Waals surface area contributed by atoms with Crippen molar-refractivity contribution in [1.82, 2.24) is 9.97 Å². The van der Waals surface area contributed by atoms with Crippen LogP contribution in [0.1, 0.15) is 29.4 Å². The molecule has 0 saturated carbocycles. The van der Waals surface area contributed by atoms with Crippen molar-refractivity contribution in [3.63, 3.8) is 0 Å². The van der Waals surface area contributed by atoms with Crippen LogP contribution in [-0.2, 0) is 4.74 Å². The predicted molar refractivity (Wildman–Crippen MR) is 108 cm³/mol. The molecule has 0 saturated heterocycles. The number of pyridine rings is 2. The molecule has 1 N–H and O–H groups in total. The summed E-state index contributed by atoms with van der Waals surface area (Å²) in [6.45, 7) is 4.19. The molecule has 0 bridgehead atoms. The zero-order chi connectivity index (χ0) is 20.1. The lowest BCUT2D eigenvalue weighted by Gasteiger charge is -2.15. The number of carbonyl (C=O) groups is 1. The van der Waals surface area contributed by atoms with E-state index < -0.39 is 5.97 Å². The van der Waals surface area contributed by atoms with Crippen LogP contribution in [0.3, 0.4) is 0 Å². The summed E-state index contributed by atoms with van der Waals surface area (Å²) in [5, 5.41) is 4.03. The maximum atomic E-state index is 12.6. The fourth-order valence-electron chi connectivity index (χ4n) is 2.79. The second-order valence-electron chi connectivity index (χ2n) is 6.20. The zero-order valence-electron chi connectivity index (χ0n) is 16.4. The largest absolute Gasteiger partial charge is 0.493 e. The standard InChI is InChI=1S/C21H23N3O4/c1-5-10-28-21(25)16-12-22-20-15(8-6-13(2)23-20)19(16)24-14-7-9-17(26-3)18(11-14)27-4/h6-9,11-12H,5,10H2,1-4H3,(H,22,23,24). The molecule has 0 aliphatic heterocycles. The second kappa shape index (κ2) is 8.56. The first-order valence-corrected chi connectivity index (χ1v) is 9.00. The van der Waals surface area contributed by atoms with Gasteiger partial charge < -0.3 is 19.5 Å². The summed E-state index contributed by atoms with van der Waals surface area (Å²) in [6, 6.07) is 9.21. The van der Waals surface area contributed by atoms with Gasteiger partial charge in [-0.2, -0.15) is 0 Å². The van der Waals surface area contributed by atoms with E-state index in [0.717, 1.165) is 23.2 Å².